The Morgan fingerprint density at radius 3 is 2.50 bits per heavy atom. The number of anilines is 2. The number of hydrogen-bond acceptors (Lipinski definition) is 4. The number of carbonyl (C=O) groups is 1. The number of aromatic nitrogens is 2. The lowest BCUT2D eigenvalue weighted by atomic mass is 10.2. The van der Waals surface area contributed by atoms with Gasteiger partial charge in [-0.2, -0.15) is 0 Å². The van der Waals surface area contributed by atoms with Crippen LogP contribution in [-0.2, 0) is 0 Å². The Balaban J connectivity index is 2.49. The van der Waals surface area contributed by atoms with E-state index in [4.69, 9.17) is 5.11 Å². The molecule has 0 fully saturated rings. The van der Waals surface area contributed by atoms with Crippen LogP contribution in [0.2, 0.25) is 0 Å². The van der Waals surface area contributed by atoms with Crippen LogP contribution < -0.4 is 4.90 Å². The number of carboxylic acids is 1. The summed E-state index contributed by atoms with van der Waals surface area (Å²) in [6.07, 6.45) is 2.87. The van der Waals surface area contributed by atoms with Crippen molar-refractivity contribution in [3.05, 3.63) is 48.4 Å². The van der Waals surface area contributed by atoms with E-state index in [-0.39, 0.29) is 5.69 Å². The largest absolute Gasteiger partial charge is 0.476 e. The first-order valence-corrected chi connectivity index (χ1v) is 5.61. The highest BCUT2D eigenvalue weighted by molar-refractivity contribution is 5.92. The van der Waals surface area contributed by atoms with Gasteiger partial charge in [-0.3, -0.25) is 0 Å². The summed E-state index contributed by atoms with van der Waals surface area (Å²) in [5, 5.41) is 9.13. The van der Waals surface area contributed by atoms with Crippen molar-refractivity contribution in [1.29, 1.82) is 0 Å². The molecule has 0 bridgehead atoms. The van der Waals surface area contributed by atoms with Crippen LogP contribution in [0.15, 0.2) is 42.7 Å². The first-order valence-electron chi connectivity index (χ1n) is 5.61. The van der Waals surface area contributed by atoms with E-state index in [9.17, 15) is 4.79 Å². The first kappa shape index (κ1) is 12.0. The monoisotopic (exact) mass is 243 g/mol. The average Bonchev–Trinajstić information content (AvgIpc) is 2.41. The fourth-order valence-electron chi connectivity index (χ4n) is 1.74. The molecule has 1 N–H and O–H groups in total. The molecule has 1 aromatic heterocycles. The maximum absolute atomic E-state index is 11.1. The summed E-state index contributed by atoms with van der Waals surface area (Å²) >= 11 is 0. The second-order valence-corrected chi connectivity index (χ2v) is 3.61. The summed E-state index contributed by atoms with van der Waals surface area (Å²) in [7, 11) is 0. The number of para-hydroxylation sites is 1. The lowest BCUT2D eigenvalue weighted by molar-refractivity contribution is 0.0691. The molecule has 0 aliphatic heterocycles. The molecule has 18 heavy (non-hydrogen) atoms. The summed E-state index contributed by atoms with van der Waals surface area (Å²) in [4.78, 5) is 21.0. The molecule has 0 atom stereocenters. The van der Waals surface area contributed by atoms with Gasteiger partial charge in [-0.25, -0.2) is 14.8 Å². The van der Waals surface area contributed by atoms with Crippen molar-refractivity contribution in [2.75, 3.05) is 11.4 Å². The second-order valence-electron chi connectivity index (χ2n) is 3.61. The molecule has 0 saturated carbocycles. The van der Waals surface area contributed by atoms with Gasteiger partial charge in [0.2, 0.25) is 0 Å². The SMILES string of the molecule is CCN(c1ccccc1)c1nccnc1C(=O)O. The Morgan fingerprint density at radius 2 is 1.89 bits per heavy atom. The maximum Gasteiger partial charge on any atom is 0.358 e. The van der Waals surface area contributed by atoms with Crippen LogP contribution in [0.4, 0.5) is 11.5 Å². The minimum Gasteiger partial charge on any atom is -0.476 e. The fraction of sp³-hybridized carbons (Fsp3) is 0.154. The smallest absolute Gasteiger partial charge is 0.358 e. The number of hydrogen-bond donors (Lipinski definition) is 1. The van der Waals surface area contributed by atoms with Gasteiger partial charge < -0.3 is 10.0 Å². The summed E-state index contributed by atoms with van der Waals surface area (Å²) in [5.41, 5.74) is 0.853. The highest BCUT2D eigenvalue weighted by Gasteiger charge is 2.18. The van der Waals surface area contributed by atoms with E-state index in [0.29, 0.717) is 12.4 Å². The Kier molecular flexibility index (Phi) is 3.52. The van der Waals surface area contributed by atoms with Crippen molar-refractivity contribution in [3.8, 4) is 0 Å². The Morgan fingerprint density at radius 1 is 1.22 bits per heavy atom. The number of rotatable bonds is 4. The molecule has 0 aliphatic rings. The van der Waals surface area contributed by atoms with Gasteiger partial charge in [0.15, 0.2) is 11.5 Å². The minimum absolute atomic E-state index is 0.0387. The topological polar surface area (TPSA) is 66.3 Å². The van der Waals surface area contributed by atoms with E-state index in [2.05, 4.69) is 9.97 Å². The molecule has 1 heterocycles. The lowest BCUT2D eigenvalue weighted by Gasteiger charge is -2.22. The van der Waals surface area contributed by atoms with Crippen LogP contribution in [0.1, 0.15) is 17.4 Å². The van der Waals surface area contributed by atoms with E-state index in [1.165, 1.54) is 12.4 Å². The van der Waals surface area contributed by atoms with E-state index < -0.39 is 5.97 Å². The average molecular weight is 243 g/mol. The van der Waals surface area contributed by atoms with E-state index in [0.717, 1.165) is 5.69 Å². The van der Waals surface area contributed by atoms with Gasteiger partial charge in [-0.05, 0) is 19.1 Å². The molecule has 2 aromatic rings. The van der Waals surface area contributed by atoms with E-state index in [1.54, 1.807) is 0 Å². The van der Waals surface area contributed by atoms with Crippen molar-refractivity contribution in [2.24, 2.45) is 0 Å². The number of benzene rings is 1. The molecule has 1 aromatic carbocycles. The molecule has 0 radical (unpaired) electrons. The molecule has 5 heteroatoms. The Labute approximate surface area is 105 Å². The van der Waals surface area contributed by atoms with Crippen molar-refractivity contribution < 1.29 is 9.90 Å². The molecular weight excluding hydrogens is 230 g/mol. The van der Waals surface area contributed by atoms with Crippen molar-refractivity contribution >= 4 is 17.5 Å². The zero-order chi connectivity index (χ0) is 13.0. The molecule has 0 spiro atoms. The van der Waals surface area contributed by atoms with Gasteiger partial charge in [0.25, 0.3) is 0 Å². The molecule has 0 amide bonds. The highest BCUT2D eigenvalue weighted by atomic mass is 16.4. The predicted octanol–water partition coefficient (Wildman–Crippen LogP) is 2.33. The zero-order valence-corrected chi connectivity index (χ0v) is 9.95. The van der Waals surface area contributed by atoms with E-state index in [1.807, 2.05) is 42.2 Å². The number of carboxylic acid groups (broad SMARTS) is 1. The molecule has 0 saturated heterocycles. The molecule has 5 nitrogen and oxygen atoms in total. The quantitative estimate of drug-likeness (QED) is 0.892. The second kappa shape index (κ2) is 5.27. The zero-order valence-electron chi connectivity index (χ0n) is 9.95. The van der Waals surface area contributed by atoms with Crippen molar-refractivity contribution in [3.63, 3.8) is 0 Å². The van der Waals surface area contributed by atoms with Crippen LogP contribution in [-0.4, -0.2) is 27.6 Å². The maximum atomic E-state index is 11.1. The van der Waals surface area contributed by atoms with Gasteiger partial charge in [-0.1, -0.05) is 18.2 Å². The summed E-state index contributed by atoms with van der Waals surface area (Å²) in [6, 6.07) is 9.52. The van der Waals surface area contributed by atoms with Gasteiger partial charge in [0.05, 0.1) is 0 Å². The molecule has 0 unspecified atom stereocenters. The third-order valence-corrected chi connectivity index (χ3v) is 2.52. The van der Waals surface area contributed by atoms with Crippen LogP contribution in [0.5, 0.6) is 0 Å². The fourth-order valence-corrected chi connectivity index (χ4v) is 1.74. The van der Waals surface area contributed by atoms with Crippen molar-refractivity contribution in [2.45, 2.75) is 6.92 Å². The first-order chi connectivity index (χ1) is 8.74. The summed E-state index contributed by atoms with van der Waals surface area (Å²) in [6.45, 7) is 2.55. The lowest BCUT2D eigenvalue weighted by Crippen LogP contribution is -2.21. The van der Waals surface area contributed by atoms with E-state index >= 15 is 0 Å². The Bertz CT molecular complexity index is 543. The van der Waals surface area contributed by atoms with Gasteiger partial charge in [0.1, 0.15) is 0 Å². The molecular formula is C13H13N3O2. The molecule has 2 rings (SSSR count). The normalized spacial score (nSPS) is 10.1. The van der Waals surface area contributed by atoms with Crippen LogP contribution in [0.3, 0.4) is 0 Å². The molecule has 0 aliphatic carbocycles. The van der Waals surface area contributed by atoms with Crippen LogP contribution in [0.25, 0.3) is 0 Å². The third kappa shape index (κ3) is 2.29. The Hall–Kier alpha value is -2.43. The molecule has 92 valence electrons. The summed E-state index contributed by atoms with van der Waals surface area (Å²) < 4.78 is 0. The predicted molar refractivity (Wildman–Crippen MR) is 68.1 cm³/mol. The van der Waals surface area contributed by atoms with Crippen LogP contribution in [0, 0.1) is 0 Å². The number of nitrogens with zero attached hydrogens (tertiary/aromatic N) is 3. The van der Waals surface area contributed by atoms with Crippen LogP contribution >= 0.6 is 0 Å². The standard InChI is InChI=1S/C13H13N3O2/c1-2-16(10-6-4-3-5-7-10)12-11(13(17)18)14-8-9-15-12/h3-9H,2H2,1H3,(H,17,18). The number of aromatic carboxylic acids is 1. The third-order valence-electron chi connectivity index (χ3n) is 2.52. The minimum atomic E-state index is -1.08. The van der Waals surface area contributed by atoms with Crippen molar-refractivity contribution in [1.82, 2.24) is 9.97 Å². The van der Waals surface area contributed by atoms with Gasteiger partial charge >= 0.3 is 5.97 Å². The highest BCUT2D eigenvalue weighted by Crippen LogP contribution is 2.24. The van der Waals surface area contributed by atoms with Gasteiger partial charge in [0, 0.05) is 24.6 Å². The summed E-state index contributed by atoms with van der Waals surface area (Å²) in [5.74, 6) is -0.716. The van der Waals surface area contributed by atoms with Gasteiger partial charge in [-0.15, -0.1) is 0 Å².